The minimum Gasteiger partial charge on any atom is -0.380 e. The second-order valence-corrected chi connectivity index (χ2v) is 5.45. The van der Waals surface area contributed by atoms with Crippen molar-refractivity contribution >= 4 is 11.0 Å². The topological polar surface area (TPSA) is 38.0 Å². The van der Waals surface area contributed by atoms with Gasteiger partial charge in [0, 0.05) is 6.54 Å². The van der Waals surface area contributed by atoms with Crippen LogP contribution in [0.25, 0.3) is 11.0 Å². The lowest BCUT2D eigenvalue weighted by atomic mass is 10.1. The number of nitrogens with zero attached hydrogens (tertiary/aromatic N) is 2. The zero-order valence-corrected chi connectivity index (χ0v) is 12.7. The molecule has 0 radical (unpaired) electrons. The fourth-order valence-electron chi connectivity index (χ4n) is 2.72. The van der Waals surface area contributed by atoms with E-state index in [0.717, 1.165) is 23.1 Å². The van der Waals surface area contributed by atoms with Gasteiger partial charge in [0.15, 0.2) is 0 Å². The van der Waals surface area contributed by atoms with Crippen LogP contribution >= 0.6 is 0 Å². The smallest absolute Gasteiger partial charge is 0.143 e. The van der Waals surface area contributed by atoms with Crippen molar-refractivity contribution in [2.45, 2.75) is 33.4 Å². The van der Waals surface area contributed by atoms with Crippen molar-refractivity contribution in [2.75, 3.05) is 0 Å². The van der Waals surface area contributed by atoms with Crippen LogP contribution in [0.1, 0.15) is 35.5 Å². The molecule has 1 heterocycles. The van der Waals surface area contributed by atoms with Crippen molar-refractivity contribution < 1.29 is 5.11 Å². The number of aromatic nitrogens is 2. The summed E-state index contributed by atoms with van der Waals surface area (Å²) in [5.74, 6) is 0.712. The summed E-state index contributed by atoms with van der Waals surface area (Å²) in [5.41, 5.74) is 5.38. The zero-order valence-electron chi connectivity index (χ0n) is 12.7. The van der Waals surface area contributed by atoms with Crippen LogP contribution in [0.4, 0.5) is 0 Å². The standard InChI is InChI=1S/C18H20N2O/c1-4-20-16-11-13(3)12(2)10-15(16)19-18(20)17(21)14-8-6-5-7-9-14/h5-11,17,21H,4H2,1-3H3. The van der Waals surface area contributed by atoms with Crippen LogP contribution in [0.5, 0.6) is 0 Å². The van der Waals surface area contributed by atoms with E-state index in [2.05, 4.69) is 42.5 Å². The molecule has 1 unspecified atom stereocenters. The number of hydrogen-bond donors (Lipinski definition) is 1. The van der Waals surface area contributed by atoms with Gasteiger partial charge in [-0.25, -0.2) is 4.98 Å². The summed E-state index contributed by atoms with van der Waals surface area (Å²) >= 11 is 0. The molecule has 0 saturated carbocycles. The number of aliphatic hydroxyl groups excluding tert-OH is 1. The molecule has 0 aliphatic heterocycles. The van der Waals surface area contributed by atoms with Crippen molar-refractivity contribution in [3.63, 3.8) is 0 Å². The van der Waals surface area contributed by atoms with Crippen LogP contribution in [0.3, 0.4) is 0 Å². The maximum absolute atomic E-state index is 10.7. The summed E-state index contributed by atoms with van der Waals surface area (Å²) in [6, 6.07) is 13.9. The molecule has 0 spiro atoms. The molecule has 0 aliphatic rings. The predicted octanol–water partition coefficient (Wildman–Crippen LogP) is 3.75. The summed E-state index contributed by atoms with van der Waals surface area (Å²) in [7, 11) is 0. The van der Waals surface area contributed by atoms with E-state index in [1.807, 2.05) is 30.3 Å². The third-order valence-electron chi connectivity index (χ3n) is 4.07. The van der Waals surface area contributed by atoms with E-state index in [1.54, 1.807) is 0 Å². The van der Waals surface area contributed by atoms with Gasteiger partial charge < -0.3 is 9.67 Å². The van der Waals surface area contributed by atoms with Gasteiger partial charge in [-0.05, 0) is 49.6 Å². The first-order chi connectivity index (χ1) is 10.1. The normalized spacial score (nSPS) is 12.8. The molecule has 3 rings (SSSR count). The highest BCUT2D eigenvalue weighted by molar-refractivity contribution is 5.78. The molecule has 0 bridgehead atoms. The van der Waals surface area contributed by atoms with E-state index in [-0.39, 0.29) is 0 Å². The second kappa shape index (κ2) is 5.34. The lowest BCUT2D eigenvalue weighted by Crippen LogP contribution is -2.09. The molecule has 0 fully saturated rings. The van der Waals surface area contributed by atoms with Crippen molar-refractivity contribution in [3.05, 3.63) is 65.0 Å². The fraction of sp³-hybridized carbons (Fsp3) is 0.278. The third-order valence-corrected chi connectivity index (χ3v) is 4.07. The van der Waals surface area contributed by atoms with E-state index < -0.39 is 6.10 Å². The summed E-state index contributed by atoms with van der Waals surface area (Å²) in [6.07, 6.45) is -0.695. The largest absolute Gasteiger partial charge is 0.380 e. The average molecular weight is 280 g/mol. The molecule has 3 aromatic rings. The maximum Gasteiger partial charge on any atom is 0.143 e. The summed E-state index contributed by atoms with van der Waals surface area (Å²) in [6.45, 7) is 7.07. The Morgan fingerprint density at radius 2 is 1.76 bits per heavy atom. The Morgan fingerprint density at radius 3 is 2.43 bits per heavy atom. The van der Waals surface area contributed by atoms with Crippen LogP contribution in [0.15, 0.2) is 42.5 Å². The molecule has 0 aliphatic carbocycles. The quantitative estimate of drug-likeness (QED) is 0.793. The Hall–Kier alpha value is -2.13. The molecule has 1 aromatic heterocycles. The van der Waals surface area contributed by atoms with Gasteiger partial charge in [-0.2, -0.15) is 0 Å². The monoisotopic (exact) mass is 280 g/mol. The summed E-state index contributed by atoms with van der Waals surface area (Å²) < 4.78 is 2.10. The van der Waals surface area contributed by atoms with Gasteiger partial charge in [0.05, 0.1) is 11.0 Å². The first-order valence-electron chi connectivity index (χ1n) is 7.32. The number of aliphatic hydroxyl groups is 1. The van der Waals surface area contributed by atoms with Crippen molar-refractivity contribution in [2.24, 2.45) is 0 Å². The Labute approximate surface area is 124 Å². The highest BCUT2D eigenvalue weighted by Crippen LogP contribution is 2.27. The second-order valence-electron chi connectivity index (χ2n) is 5.45. The van der Waals surface area contributed by atoms with Gasteiger partial charge >= 0.3 is 0 Å². The Bertz CT molecular complexity index is 775. The van der Waals surface area contributed by atoms with Crippen molar-refractivity contribution in [1.82, 2.24) is 9.55 Å². The van der Waals surface area contributed by atoms with Gasteiger partial charge in [-0.15, -0.1) is 0 Å². The van der Waals surface area contributed by atoms with E-state index in [0.29, 0.717) is 5.82 Å². The van der Waals surface area contributed by atoms with Crippen molar-refractivity contribution in [1.29, 1.82) is 0 Å². The summed E-state index contributed by atoms with van der Waals surface area (Å²) in [4.78, 5) is 4.67. The Kier molecular flexibility index (Phi) is 3.52. The molecule has 3 heteroatoms. The molecular weight excluding hydrogens is 260 g/mol. The number of hydrogen-bond acceptors (Lipinski definition) is 2. The van der Waals surface area contributed by atoms with Crippen LogP contribution in [-0.4, -0.2) is 14.7 Å². The lowest BCUT2D eigenvalue weighted by Gasteiger charge is -2.13. The number of aryl methyl sites for hydroxylation is 3. The van der Waals surface area contributed by atoms with Crippen molar-refractivity contribution in [3.8, 4) is 0 Å². The van der Waals surface area contributed by atoms with Gasteiger partial charge in [-0.3, -0.25) is 0 Å². The predicted molar refractivity (Wildman–Crippen MR) is 85.4 cm³/mol. The van der Waals surface area contributed by atoms with Gasteiger partial charge in [0.1, 0.15) is 11.9 Å². The fourth-order valence-corrected chi connectivity index (χ4v) is 2.72. The minimum atomic E-state index is -0.695. The molecule has 0 amide bonds. The minimum absolute atomic E-state index is 0.695. The number of fused-ring (bicyclic) bond motifs is 1. The Morgan fingerprint density at radius 1 is 1.10 bits per heavy atom. The highest BCUT2D eigenvalue weighted by Gasteiger charge is 2.19. The number of imidazole rings is 1. The number of rotatable bonds is 3. The molecule has 2 aromatic carbocycles. The highest BCUT2D eigenvalue weighted by atomic mass is 16.3. The third kappa shape index (κ3) is 2.34. The maximum atomic E-state index is 10.7. The SMILES string of the molecule is CCn1c(C(O)c2ccccc2)nc2cc(C)c(C)cc21. The van der Waals surface area contributed by atoms with E-state index in [9.17, 15) is 5.11 Å². The first-order valence-corrected chi connectivity index (χ1v) is 7.32. The van der Waals surface area contributed by atoms with Gasteiger partial charge in [-0.1, -0.05) is 30.3 Å². The molecule has 3 nitrogen and oxygen atoms in total. The summed E-state index contributed by atoms with van der Waals surface area (Å²) in [5, 5.41) is 10.7. The van der Waals surface area contributed by atoms with Crippen LogP contribution in [0, 0.1) is 13.8 Å². The van der Waals surface area contributed by atoms with Gasteiger partial charge in [0.25, 0.3) is 0 Å². The number of benzene rings is 2. The van der Waals surface area contributed by atoms with Crippen LogP contribution < -0.4 is 0 Å². The van der Waals surface area contributed by atoms with Gasteiger partial charge in [0.2, 0.25) is 0 Å². The van der Waals surface area contributed by atoms with Crippen LogP contribution in [0.2, 0.25) is 0 Å². The molecule has 0 saturated heterocycles. The molecular formula is C18H20N2O. The van der Waals surface area contributed by atoms with Crippen LogP contribution in [-0.2, 0) is 6.54 Å². The molecule has 1 atom stereocenters. The lowest BCUT2D eigenvalue weighted by molar-refractivity contribution is 0.205. The van der Waals surface area contributed by atoms with E-state index in [1.165, 1.54) is 11.1 Å². The first kappa shape index (κ1) is 13.8. The molecule has 108 valence electrons. The zero-order chi connectivity index (χ0) is 15.0. The average Bonchev–Trinajstić information content (AvgIpc) is 2.85. The van der Waals surface area contributed by atoms with E-state index in [4.69, 9.17) is 0 Å². The van der Waals surface area contributed by atoms with E-state index >= 15 is 0 Å². The molecule has 21 heavy (non-hydrogen) atoms. The Balaban J connectivity index is 2.18. The molecule has 1 N–H and O–H groups in total.